The second kappa shape index (κ2) is 6.94. The molecule has 1 aliphatic heterocycles. The van der Waals surface area contributed by atoms with Crippen LogP contribution in [0.25, 0.3) is 0 Å². The van der Waals surface area contributed by atoms with Crippen LogP contribution in [-0.4, -0.2) is 27.1 Å². The summed E-state index contributed by atoms with van der Waals surface area (Å²) in [4.78, 5) is 12.8. The predicted octanol–water partition coefficient (Wildman–Crippen LogP) is 3.66. The van der Waals surface area contributed by atoms with Crippen molar-refractivity contribution in [2.45, 2.75) is 58.3 Å². The summed E-state index contributed by atoms with van der Waals surface area (Å²) >= 11 is 0. The number of hydrogen-bond acceptors (Lipinski definition) is 4. The van der Waals surface area contributed by atoms with Gasteiger partial charge in [0.15, 0.2) is 5.75 Å². The average molecular weight is 429 g/mol. The van der Waals surface area contributed by atoms with Crippen molar-refractivity contribution in [1.82, 2.24) is 5.32 Å². The first-order valence-corrected chi connectivity index (χ1v) is 12.3. The van der Waals surface area contributed by atoms with Gasteiger partial charge in [-0.15, -0.1) is 4.40 Å². The van der Waals surface area contributed by atoms with Crippen molar-refractivity contribution in [2.75, 3.05) is 6.54 Å². The molecule has 1 heterocycles. The van der Waals surface area contributed by atoms with Gasteiger partial charge in [-0.1, -0.05) is 19.9 Å². The second-order valence-corrected chi connectivity index (χ2v) is 10.5. The molecule has 7 heteroatoms. The van der Waals surface area contributed by atoms with Crippen molar-refractivity contribution in [3.05, 3.63) is 40.5 Å². The number of nitrogens with one attached hydrogen (secondary N) is 1. The van der Waals surface area contributed by atoms with Crippen molar-refractivity contribution in [3.8, 4) is 5.75 Å². The lowest BCUT2D eigenvalue weighted by molar-refractivity contribution is -0.119. The molecule has 0 radical (unpaired) electrons. The maximum Gasteiger partial charge on any atom is 0.428 e. The Morgan fingerprint density at radius 3 is 2.97 bits per heavy atom. The number of hydrogen-bond donors (Lipinski definition) is 1. The minimum atomic E-state index is -3.86. The topological polar surface area (TPSA) is 84.8 Å². The van der Waals surface area contributed by atoms with E-state index in [1.165, 1.54) is 17.3 Å². The van der Waals surface area contributed by atoms with Gasteiger partial charge in [0.1, 0.15) is 0 Å². The van der Waals surface area contributed by atoms with Crippen LogP contribution in [0.2, 0.25) is 0 Å². The van der Waals surface area contributed by atoms with Crippen LogP contribution in [0.3, 0.4) is 0 Å². The number of allylic oxidation sites excluding steroid dienone is 1. The van der Waals surface area contributed by atoms with E-state index in [1.807, 2.05) is 6.07 Å². The van der Waals surface area contributed by atoms with Gasteiger partial charge in [-0.25, -0.2) is 0 Å². The molecular formula is C23H28N2O4S. The summed E-state index contributed by atoms with van der Waals surface area (Å²) in [6, 6.07) is 3.98. The zero-order valence-corrected chi connectivity index (χ0v) is 18.3. The Morgan fingerprint density at radius 2 is 2.17 bits per heavy atom. The van der Waals surface area contributed by atoms with Crippen LogP contribution in [0.5, 0.6) is 5.75 Å². The maximum absolute atomic E-state index is 12.8. The van der Waals surface area contributed by atoms with Crippen LogP contribution in [0.4, 0.5) is 0 Å². The number of benzene rings is 1. The van der Waals surface area contributed by atoms with Crippen LogP contribution < -0.4 is 9.50 Å². The van der Waals surface area contributed by atoms with Gasteiger partial charge in [-0.2, -0.15) is 8.42 Å². The molecule has 160 valence electrons. The van der Waals surface area contributed by atoms with Gasteiger partial charge in [-0.3, -0.25) is 4.79 Å². The Labute approximate surface area is 178 Å². The van der Waals surface area contributed by atoms with Gasteiger partial charge in [0.2, 0.25) is 5.91 Å². The van der Waals surface area contributed by atoms with Gasteiger partial charge in [-0.05, 0) is 79.5 Å². The van der Waals surface area contributed by atoms with Gasteiger partial charge in [0.25, 0.3) is 0 Å². The standard InChI is InChI=1S/C23H28N2O4S/c1-3-10-24-22(26)20-7-6-19-17-5-4-14-12-21-15(13-25-30(27,28)29-21)11-18(14)16(17)8-9-23(19,20)2/h7,11-13,16-17,19H,3-6,8-10H2,1-2H3,(H,24,26). The molecule has 0 saturated heterocycles. The van der Waals surface area contributed by atoms with Crippen molar-refractivity contribution < 1.29 is 17.4 Å². The van der Waals surface area contributed by atoms with E-state index in [1.54, 1.807) is 0 Å². The highest BCUT2D eigenvalue weighted by Crippen LogP contribution is 2.61. The molecule has 1 amide bonds. The monoisotopic (exact) mass is 428 g/mol. The SMILES string of the molecule is CCCNC(=O)C1=CCC2C3CCc4cc5c(cc4C3CCC12C)C=NS(=O)(=O)O5. The molecule has 1 aromatic rings. The quantitative estimate of drug-likeness (QED) is 0.796. The Bertz CT molecular complexity index is 1070. The Kier molecular flexibility index (Phi) is 4.58. The number of rotatable bonds is 3. The molecule has 1 N–H and O–H groups in total. The lowest BCUT2D eigenvalue weighted by Gasteiger charge is -2.50. The Morgan fingerprint density at radius 1 is 1.33 bits per heavy atom. The van der Waals surface area contributed by atoms with Crippen LogP contribution in [0.15, 0.2) is 28.2 Å². The average Bonchev–Trinajstić information content (AvgIpc) is 3.07. The van der Waals surface area contributed by atoms with E-state index >= 15 is 0 Å². The molecule has 3 aliphatic carbocycles. The van der Waals surface area contributed by atoms with Gasteiger partial charge >= 0.3 is 10.3 Å². The molecule has 0 aromatic heterocycles. The Hall–Kier alpha value is -2.15. The highest BCUT2D eigenvalue weighted by atomic mass is 32.2. The molecule has 1 saturated carbocycles. The van der Waals surface area contributed by atoms with E-state index in [2.05, 4.69) is 35.7 Å². The summed E-state index contributed by atoms with van der Waals surface area (Å²) in [5.74, 6) is 1.95. The van der Waals surface area contributed by atoms with Crippen LogP contribution in [0.1, 0.15) is 68.6 Å². The highest BCUT2D eigenvalue weighted by Gasteiger charge is 2.53. The largest absolute Gasteiger partial charge is 0.428 e. The molecule has 0 spiro atoms. The third kappa shape index (κ3) is 3.01. The second-order valence-electron chi connectivity index (χ2n) is 9.32. The first-order valence-electron chi connectivity index (χ1n) is 11.0. The van der Waals surface area contributed by atoms with E-state index in [4.69, 9.17) is 4.18 Å². The normalized spacial score (nSPS) is 32.7. The minimum Gasteiger partial charge on any atom is -0.365 e. The number of carbonyl (C=O) groups is 1. The summed E-state index contributed by atoms with van der Waals surface area (Å²) < 4.78 is 32.0. The van der Waals surface area contributed by atoms with Gasteiger partial charge < -0.3 is 9.50 Å². The van der Waals surface area contributed by atoms with Crippen molar-refractivity contribution in [2.24, 2.45) is 21.6 Å². The molecule has 4 unspecified atom stereocenters. The summed E-state index contributed by atoms with van der Waals surface area (Å²) in [6.07, 6.45) is 9.51. The maximum atomic E-state index is 12.8. The Balaban J connectivity index is 1.43. The molecule has 4 aliphatic rings. The highest BCUT2D eigenvalue weighted by molar-refractivity contribution is 7.86. The van der Waals surface area contributed by atoms with E-state index in [-0.39, 0.29) is 11.3 Å². The van der Waals surface area contributed by atoms with Crippen molar-refractivity contribution in [3.63, 3.8) is 0 Å². The summed E-state index contributed by atoms with van der Waals surface area (Å²) in [5, 5.41) is 3.08. The van der Waals surface area contributed by atoms with Crippen LogP contribution in [0, 0.1) is 17.3 Å². The lowest BCUT2D eigenvalue weighted by atomic mass is 9.54. The first kappa shape index (κ1) is 19.8. The number of amides is 1. The minimum absolute atomic E-state index is 0.0522. The van der Waals surface area contributed by atoms with E-state index < -0.39 is 10.3 Å². The van der Waals surface area contributed by atoms with Crippen molar-refractivity contribution >= 4 is 22.4 Å². The number of carbonyl (C=O) groups excluding carboxylic acids is 1. The summed E-state index contributed by atoms with van der Waals surface area (Å²) in [6.45, 7) is 5.08. The number of fused-ring (bicyclic) bond motifs is 6. The fourth-order valence-electron chi connectivity index (χ4n) is 6.30. The van der Waals surface area contributed by atoms with Crippen LogP contribution >= 0.6 is 0 Å². The number of nitrogens with zero attached hydrogens (tertiary/aromatic N) is 1. The molecule has 6 nitrogen and oxygen atoms in total. The molecule has 1 fully saturated rings. The third-order valence-corrected chi connectivity index (χ3v) is 8.49. The van der Waals surface area contributed by atoms with Gasteiger partial charge in [0, 0.05) is 23.1 Å². The molecule has 1 aromatic carbocycles. The number of aryl methyl sites for hydroxylation is 1. The van der Waals surface area contributed by atoms with Crippen molar-refractivity contribution in [1.29, 1.82) is 0 Å². The zero-order chi connectivity index (χ0) is 21.1. The van der Waals surface area contributed by atoms with Crippen LogP contribution in [-0.2, 0) is 21.5 Å². The van der Waals surface area contributed by atoms with E-state index in [0.717, 1.165) is 56.2 Å². The smallest absolute Gasteiger partial charge is 0.365 e. The zero-order valence-electron chi connectivity index (χ0n) is 17.5. The summed E-state index contributed by atoms with van der Waals surface area (Å²) in [7, 11) is -3.86. The van der Waals surface area contributed by atoms with E-state index in [9.17, 15) is 13.2 Å². The fourth-order valence-corrected chi connectivity index (χ4v) is 6.96. The fraction of sp³-hybridized carbons (Fsp3) is 0.565. The lowest BCUT2D eigenvalue weighted by Crippen LogP contribution is -2.44. The molecule has 30 heavy (non-hydrogen) atoms. The third-order valence-electron chi connectivity index (χ3n) is 7.73. The molecule has 4 atom stereocenters. The molecular weight excluding hydrogens is 400 g/mol. The van der Waals surface area contributed by atoms with Gasteiger partial charge in [0.05, 0.1) is 6.21 Å². The summed E-state index contributed by atoms with van der Waals surface area (Å²) in [5.41, 5.74) is 4.17. The molecule has 0 bridgehead atoms. The first-order chi connectivity index (χ1) is 14.3. The van der Waals surface area contributed by atoms with E-state index in [0.29, 0.717) is 23.5 Å². The molecule has 5 rings (SSSR count). The predicted molar refractivity (Wildman–Crippen MR) is 115 cm³/mol.